The quantitative estimate of drug-likeness (QED) is 0.862. The first kappa shape index (κ1) is 13.1. The molecule has 5 heteroatoms. The maximum absolute atomic E-state index is 5.20. The summed E-state index contributed by atoms with van der Waals surface area (Å²) in [6.07, 6.45) is 1.80. The van der Waals surface area contributed by atoms with Crippen LogP contribution in [0.25, 0.3) is 0 Å². The minimum atomic E-state index is 0.610. The van der Waals surface area contributed by atoms with Crippen molar-refractivity contribution in [2.45, 2.75) is 13.5 Å². The lowest BCUT2D eigenvalue weighted by Crippen LogP contribution is -2.06. The molecule has 5 nitrogen and oxygen atoms in total. The summed E-state index contributed by atoms with van der Waals surface area (Å²) in [5, 5.41) is 6.24. The van der Waals surface area contributed by atoms with Crippen molar-refractivity contribution in [1.29, 1.82) is 0 Å². The Balaban J connectivity index is 2.09. The van der Waals surface area contributed by atoms with Crippen LogP contribution in [0.1, 0.15) is 11.1 Å². The highest BCUT2D eigenvalue weighted by molar-refractivity contribution is 5.46. The molecule has 0 spiro atoms. The van der Waals surface area contributed by atoms with Gasteiger partial charge in [-0.05, 0) is 24.6 Å². The molecular weight excluding hydrogens is 240 g/mol. The average molecular weight is 258 g/mol. The van der Waals surface area contributed by atoms with Crippen LogP contribution < -0.4 is 15.4 Å². The van der Waals surface area contributed by atoms with Crippen molar-refractivity contribution in [2.24, 2.45) is 0 Å². The van der Waals surface area contributed by atoms with E-state index in [1.54, 1.807) is 20.4 Å². The van der Waals surface area contributed by atoms with Gasteiger partial charge in [-0.2, -0.15) is 4.98 Å². The topological polar surface area (TPSA) is 59.1 Å². The fraction of sp³-hybridized carbons (Fsp3) is 0.286. The Morgan fingerprint density at radius 2 is 2.16 bits per heavy atom. The smallest absolute Gasteiger partial charge is 0.224 e. The Hall–Kier alpha value is -2.30. The molecule has 0 radical (unpaired) electrons. The van der Waals surface area contributed by atoms with E-state index in [1.807, 2.05) is 31.2 Å². The fourth-order valence-corrected chi connectivity index (χ4v) is 1.71. The van der Waals surface area contributed by atoms with Gasteiger partial charge in [-0.25, -0.2) is 4.98 Å². The van der Waals surface area contributed by atoms with Crippen LogP contribution in [0.5, 0.6) is 5.75 Å². The standard InChI is InChI=1S/C14H18N4O/c1-10-8-17-14(15-2)18-13(10)16-9-11-5-4-6-12(7-11)19-3/h4-8H,9H2,1-3H3,(H2,15,16,17,18). The number of aromatic nitrogens is 2. The number of nitrogens with one attached hydrogen (secondary N) is 2. The summed E-state index contributed by atoms with van der Waals surface area (Å²) in [4.78, 5) is 8.54. The van der Waals surface area contributed by atoms with E-state index in [-0.39, 0.29) is 0 Å². The van der Waals surface area contributed by atoms with Gasteiger partial charge < -0.3 is 15.4 Å². The van der Waals surface area contributed by atoms with Crippen LogP contribution in [0.3, 0.4) is 0 Å². The molecule has 0 bridgehead atoms. The second-order valence-electron chi connectivity index (χ2n) is 4.18. The molecule has 0 saturated carbocycles. The van der Waals surface area contributed by atoms with Crippen LogP contribution in [-0.2, 0) is 6.54 Å². The van der Waals surface area contributed by atoms with Crippen molar-refractivity contribution < 1.29 is 4.74 Å². The lowest BCUT2D eigenvalue weighted by molar-refractivity contribution is 0.414. The number of benzene rings is 1. The molecule has 0 aliphatic rings. The highest BCUT2D eigenvalue weighted by Crippen LogP contribution is 2.16. The van der Waals surface area contributed by atoms with Gasteiger partial charge in [0, 0.05) is 25.4 Å². The van der Waals surface area contributed by atoms with E-state index in [2.05, 4.69) is 20.6 Å². The van der Waals surface area contributed by atoms with Crippen molar-refractivity contribution >= 4 is 11.8 Å². The van der Waals surface area contributed by atoms with Gasteiger partial charge >= 0.3 is 0 Å². The monoisotopic (exact) mass is 258 g/mol. The molecule has 100 valence electrons. The van der Waals surface area contributed by atoms with E-state index in [9.17, 15) is 0 Å². The normalized spacial score (nSPS) is 10.1. The first-order valence-electron chi connectivity index (χ1n) is 6.11. The van der Waals surface area contributed by atoms with Crippen LogP contribution in [0.2, 0.25) is 0 Å². The number of hydrogen-bond donors (Lipinski definition) is 2. The number of ether oxygens (including phenoxy) is 1. The second kappa shape index (κ2) is 6.04. The molecule has 0 aliphatic carbocycles. The Kier molecular flexibility index (Phi) is 4.18. The molecule has 0 aliphatic heterocycles. The lowest BCUT2D eigenvalue weighted by Gasteiger charge is -2.10. The Bertz CT molecular complexity index is 557. The molecule has 19 heavy (non-hydrogen) atoms. The van der Waals surface area contributed by atoms with Crippen LogP contribution in [0.4, 0.5) is 11.8 Å². The van der Waals surface area contributed by atoms with Crippen molar-refractivity contribution in [3.8, 4) is 5.75 Å². The highest BCUT2D eigenvalue weighted by atomic mass is 16.5. The average Bonchev–Trinajstić information content (AvgIpc) is 2.46. The largest absolute Gasteiger partial charge is 0.497 e. The second-order valence-corrected chi connectivity index (χ2v) is 4.18. The molecule has 0 atom stereocenters. The molecule has 2 rings (SSSR count). The van der Waals surface area contributed by atoms with E-state index in [4.69, 9.17) is 4.74 Å². The zero-order valence-corrected chi connectivity index (χ0v) is 11.4. The molecule has 1 aromatic carbocycles. The zero-order chi connectivity index (χ0) is 13.7. The minimum Gasteiger partial charge on any atom is -0.497 e. The van der Waals surface area contributed by atoms with Crippen LogP contribution in [0, 0.1) is 6.92 Å². The maximum Gasteiger partial charge on any atom is 0.224 e. The molecule has 1 heterocycles. The van der Waals surface area contributed by atoms with Gasteiger partial charge in [-0.1, -0.05) is 12.1 Å². The molecule has 2 N–H and O–H groups in total. The number of rotatable bonds is 5. The molecule has 0 amide bonds. The Morgan fingerprint density at radius 3 is 2.89 bits per heavy atom. The predicted molar refractivity (Wildman–Crippen MR) is 76.6 cm³/mol. The molecule has 0 unspecified atom stereocenters. The molecule has 0 fully saturated rings. The Morgan fingerprint density at radius 1 is 1.32 bits per heavy atom. The molecule has 1 aromatic heterocycles. The minimum absolute atomic E-state index is 0.610. The van der Waals surface area contributed by atoms with Crippen LogP contribution in [0.15, 0.2) is 30.5 Å². The summed E-state index contributed by atoms with van der Waals surface area (Å²) in [6, 6.07) is 7.95. The predicted octanol–water partition coefficient (Wildman–Crippen LogP) is 2.45. The summed E-state index contributed by atoms with van der Waals surface area (Å²) in [5.74, 6) is 2.30. The van der Waals surface area contributed by atoms with E-state index >= 15 is 0 Å². The molecule has 0 saturated heterocycles. The van der Waals surface area contributed by atoms with Crippen molar-refractivity contribution in [3.05, 3.63) is 41.6 Å². The summed E-state index contributed by atoms with van der Waals surface area (Å²) in [7, 11) is 3.47. The van der Waals surface area contributed by atoms with Gasteiger partial charge in [-0.15, -0.1) is 0 Å². The van der Waals surface area contributed by atoms with Gasteiger partial charge in [0.15, 0.2) is 0 Å². The summed E-state index contributed by atoms with van der Waals surface area (Å²) < 4.78 is 5.20. The SMILES string of the molecule is CNc1ncc(C)c(NCc2cccc(OC)c2)n1. The van der Waals surface area contributed by atoms with Gasteiger partial charge in [0.25, 0.3) is 0 Å². The van der Waals surface area contributed by atoms with Crippen molar-refractivity contribution in [2.75, 3.05) is 24.8 Å². The van der Waals surface area contributed by atoms with E-state index in [0.29, 0.717) is 12.5 Å². The number of methoxy groups -OCH3 is 1. The zero-order valence-electron chi connectivity index (χ0n) is 11.4. The lowest BCUT2D eigenvalue weighted by atomic mass is 10.2. The number of hydrogen-bond acceptors (Lipinski definition) is 5. The van der Waals surface area contributed by atoms with Gasteiger partial charge in [0.05, 0.1) is 7.11 Å². The van der Waals surface area contributed by atoms with E-state index in [0.717, 1.165) is 22.7 Å². The van der Waals surface area contributed by atoms with E-state index < -0.39 is 0 Å². The van der Waals surface area contributed by atoms with Crippen molar-refractivity contribution in [1.82, 2.24) is 9.97 Å². The maximum atomic E-state index is 5.20. The Labute approximate surface area is 113 Å². The van der Waals surface area contributed by atoms with E-state index in [1.165, 1.54) is 0 Å². The van der Waals surface area contributed by atoms with Crippen molar-refractivity contribution in [3.63, 3.8) is 0 Å². The highest BCUT2D eigenvalue weighted by Gasteiger charge is 2.03. The first-order chi connectivity index (χ1) is 9.22. The molecule has 2 aromatic rings. The summed E-state index contributed by atoms with van der Waals surface area (Å²) >= 11 is 0. The summed E-state index contributed by atoms with van der Waals surface area (Å²) in [6.45, 7) is 2.67. The summed E-state index contributed by atoms with van der Waals surface area (Å²) in [5.41, 5.74) is 2.16. The third kappa shape index (κ3) is 3.34. The van der Waals surface area contributed by atoms with Gasteiger partial charge in [0.1, 0.15) is 11.6 Å². The fourth-order valence-electron chi connectivity index (χ4n) is 1.71. The number of nitrogens with zero attached hydrogens (tertiary/aromatic N) is 2. The third-order valence-electron chi connectivity index (χ3n) is 2.79. The van der Waals surface area contributed by atoms with Crippen LogP contribution >= 0.6 is 0 Å². The van der Waals surface area contributed by atoms with Gasteiger partial charge in [0.2, 0.25) is 5.95 Å². The third-order valence-corrected chi connectivity index (χ3v) is 2.79. The van der Waals surface area contributed by atoms with Gasteiger partial charge in [-0.3, -0.25) is 0 Å². The first-order valence-corrected chi connectivity index (χ1v) is 6.11. The molecular formula is C14H18N4O. The number of anilines is 2. The number of aryl methyl sites for hydroxylation is 1. The van der Waals surface area contributed by atoms with Crippen LogP contribution in [-0.4, -0.2) is 24.1 Å².